The van der Waals surface area contributed by atoms with E-state index >= 15 is 0 Å². The number of carbonyl (C=O) groups is 1. The molecule has 0 heterocycles. The molecule has 8 heteroatoms. The van der Waals surface area contributed by atoms with Crippen LogP contribution in [-0.4, -0.2) is 25.6 Å². The summed E-state index contributed by atoms with van der Waals surface area (Å²) in [6, 6.07) is 5.05. The summed E-state index contributed by atoms with van der Waals surface area (Å²) in [5, 5.41) is 2.34. The number of hydrogen-bond donors (Lipinski definition) is 2. The van der Waals surface area contributed by atoms with Gasteiger partial charge in [-0.1, -0.05) is 12.1 Å². The topological polar surface area (TPSA) is 89.3 Å². The lowest BCUT2D eigenvalue weighted by atomic mass is 9.77. The molecule has 0 spiro atoms. The SMILES string of the molecule is NC1(C(=O)Nc2ccccc2S(=O)(=O)C(F)F)CCC1. The van der Waals surface area contributed by atoms with Crippen LogP contribution >= 0.6 is 0 Å². The number of hydrogen-bond acceptors (Lipinski definition) is 4. The molecule has 20 heavy (non-hydrogen) atoms. The highest BCUT2D eigenvalue weighted by molar-refractivity contribution is 7.91. The summed E-state index contributed by atoms with van der Waals surface area (Å²) in [4.78, 5) is 11.3. The molecule has 0 saturated heterocycles. The van der Waals surface area contributed by atoms with E-state index in [0.717, 1.165) is 12.5 Å². The van der Waals surface area contributed by atoms with Crippen LogP contribution in [-0.2, 0) is 14.6 Å². The van der Waals surface area contributed by atoms with Crippen molar-refractivity contribution in [1.82, 2.24) is 0 Å². The number of alkyl halides is 2. The van der Waals surface area contributed by atoms with Crippen molar-refractivity contribution in [2.45, 2.75) is 35.5 Å². The minimum absolute atomic E-state index is 0.172. The van der Waals surface area contributed by atoms with Crippen LogP contribution in [0.15, 0.2) is 29.2 Å². The third kappa shape index (κ3) is 2.53. The van der Waals surface area contributed by atoms with Crippen LogP contribution in [0.2, 0.25) is 0 Å². The van der Waals surface area contributed by atoms with Gasteiger partial charge in [-0.15, -0.1) is 0 Å². The predicted octanol–water partition coefficient (Wildman–Crippen LogP) is 1.50. The number of anilines is 1. The lowest BCUT2D eigenvalue weighted by Crippen LogP contribution is -2.56. The van der Waals surface area contributed by atoms with Gasteiger partial charge in [0.05, 0.1) is 16.1 Å². The van der Waals surface area contributed by atoms with Crippen molar-refractivity contribution in [3.05, 3.63) is 24.3 Å². The molecule has 0 atom stereocenters. The Balaban J connectivity index is 2.32. The van der Waals surface area contributed by atoms with Gasteiger partial charge in [0.25, 0.3) is 0 Å². The average Bonchev–Trinajstić information content (AvgIpc) is 2.36. The van der Waals surface area contributed by atoms with E-state index in [1.807, 2.05) is 0 Å². The van der Waals surface area contributed by atoms with E-state index in [1.54, 1.807) is 0 Å². The number of rotatable bonds is 4. The van der Waals surface area contributed by atoms with Crippen LogP contribution in [0.1, 0.15) is 19.3 Å². The highest BCUT2D eigenvalue weighted by Crippen LogP contribution is 2.32. The van der Waals surface area contributed by atoms with Crippen molar-refractivity contribution >= 4 is 21.4 Å². The van der Waals surface area contributed by atoms with Gasteiger partial charge < -0.3 is 11.1 Å². The third-order valence-electron chi connectivity index (χ3n) is 3.37. The van der Waals surface area contributed by atoms with Gasteiger partial charge in [-0.05, 0) is 31.4 Å². The summed E-state index contributed by atoms with van der Waals surface area (Å²) in [5.41, 5.74) is 4.59. The summed E-state index contributed by atoms with van der Waals surface area (Å²) >= 11 is 0. The Morgan fingerprint density at radius 3 is 2.40 bits per heavy atom. The minimum Gasteiger partial charge on any atom is -0.323 e. The number of para-hydroxylation sites is 1. The van der Waals surface area contributed by atoms with Gasteiger partial charge in [0.2, 0.25) is 15.7 Å². The Morgan fingerprint density at radius 1 is 1.30 bits per heavy atom. The average molecular weight is 304 g/mol. The van der Waals surface area contributed by atoms with Crippen molar-refractivity contribution < 1.29 is 22.0 Å². The van der Waals surface area contributed by atoms with Gasteiger partial charge in [0.15, 0.2) is 0 Å². The van der Waals surface area contributed by atoms with Crippen molar-refractivity contribution in [1.29, 1.82) is 0 Å². The summed E-state index contributed by atoms with van der Waals surface area (Å²) in [6.45, 7) is 0. The zero-order valence-electron chi connectivity index (χ0n) is 10.5. The molecule has 0 aliphatic heterocycles. The Kier molecular flexibility index (Phi) is 3.79. The zero-order chi connectivity index (χ0) is 15.0. The molecular formula is C12H14F2N2O3S. The fourth-order valence-electron chi connectivity index (χ4n) is 1.95. The van der Waals surface area contributed by atoms with E-state index in [9.17, 15) is 22.0 Å². The molecule has 1 aliphatic carbocycles. The highest BCUT2D eigenvalue weighted by atomic mass is 32.2. The normalized spacial score (nSPS) is 17.6. The largest absolute Gasteiger partial charge is 0.341 e. The van der Waals surface area contributed by atoms with Crippen LogP contribution in [0, 0.1) is 0 Å². The number of amides is 1. The van der Waals surface area contributed by atoms with Gasteiger partial charge in [-0.2, -0.15) is 8.78 Å². The number of halogens is 2. The molecule has 1 saturated carbocycles. The van der Waals surface area contributed by atoms with Crippen LogP contribution < -0.4 is 11.1 Å². The molecule has 5 nitrogen and oxygen atoms in total. The molecule has 0 bridgehead atoms. The fraction of sp³-hybridized carbons (Fsp3) is 0.417. The molecule has 110 valence electrons. The number of nitrogens with two attached hydrogens (primary N) is 1. The van der Waals surface area contributed by atoms with Gasteiger partial charge >= 0.3 is 5.76 Å². The Bertz CT molecular complexity index is 627. The van der Waals surface area contributed by atoms with Crippen LogP contribution in [0.25, 0.3) is 0 Å². The van der Waals surface area contributed by atoms with E-state index in [4.69, 9.17) is 5.73 Å². The molecule has 1 fully saturated rings. The summed E-state index contributed by atoms with van der Waals surface area (Å²) < 4.78 is 48.3. The maximum Gasteiger partial charge on any atom is 0.341 e. The standard InChI is InChI=1S/C12H14F2N2O3S/c13-11(14)20(18,19)9-5-2-1-4-8(9)16-10(17)12(15)6-3-7-12/h1-2,4-5,11H,3,6-7,15H2,(H,16,17). The smallest absolute Gasteiger partial charge is 0.323 e. The highest BCUT2D eigenvalue weighted by Gasteiger charge is 2.40. The lowest BCUT2D eigenvalue weighted by molar-refractivity contribution is -0.123. The molecule has 1 aromatic carbocycles. The van der Waals surface area contributed by atoms with E-state index in [-0.39, 0.29) is 5.69 Å². The lowest BCUT2D eigenvalue weighted by Gasteiger charge is -2.36. The maximum absolute atomic E-state index is 12.6. The van der Waals surface area contributed by atoms with Crippen LogP contribution in [0.4, 0.5) is 14.5 Å². The van der Waals surface area contributed by atoms with Gasteiger partial charge in [0.1, 0.15) is 0 Å². The molecule has 0 aromatic heterocycles. The number of benzene rings is 1. The molecule has 0 radical (unpaired) electrons. The van der Waals surface area contributed by atoms with Gasteiger partial charge in [-0.25, -0.2) is 8.42 Å². The van der Waals surface area contributed by atoms with Crippen molar-refractivity contribution in [2.75, 3.05) is 5.32 Å². The summed E-state index contributed by atoms with van der Waals surface area (Å²) in [6.07, 6.45) is 1.78. The number of nitrogens with one attached hydrogen (secondary N) is 1. The number of sulfone groups is 1. The first-order valence-corrected chi connectivity index (χ1v) is 7.53. The maximum atomic E-state index is 12.6. The third-order valence-corrected chi connectivity index (χ3v) is 4.81. The predicted molar refractivity (Wildman–Crippen MR) is 69.0 cm³/mol. The Morgan fingerprint density at radius 2 is 1.90 bits per heavy atom. The van der Waals surface area contributed by atoms with Crippen LogP contribution in [0.5, 0.6) is 0 Å². The monoisotopic (exact) mass is 304 g/mol. The van der Waals surface area contributed by atoms with E-state index in [1.165, 1.54) is 18.2 Å². The second-order valence-corrected chi connectivity index (χ2v) is 6.65. The Hall–Kier alpha value is -1.54. The first-order valence-electron chi connectivity index (χ1n) is 5.99. The zero-order valence-corrected chi connectivity index (χ0v) is 11.3. The Labute approximate surface area is 115 Å². The minimum atomic E-state index is -4.78. The molecular weight excluding hydrogens is 290 g/mol. The second kappa shape index (κ2) is 5.10. The van der Waals surface area contributed by atoms with Crippen LogP contribution in [0.3, 0.4) is 0 Å². The molecule has 1 aliphatic rings. The summed E-state index contributed by atoms with van der Waals surface area (Å²) in [7, 11) is -4.78. The van der Waals surface area contributed by atoms with Crippen molar-refractivity contribution in [2.24, 2.45) is 5.73 Å². The van der Waals surface area contributed by atoms with Crippen molar-refractivity contribution in [3.63, 3.8) is 0 Å². The number of carbonyl (C=O) groups excluding carboxylic acids is 1. The first kappa shape index (κ1) is 14.9. The quantitative estimate of drug-likeness (QED) is 0.882. The molecule has 1 aromatic rings. The fourth-order valence-corrected chi connectivity index (χ4v) is 2.83. The van der Waals surface area contributed by atoms with E-state index < -0.39 is 31.9 Å². The molecule has 3 N–H and O–H groups in total. The summed E-state index contributed by atoms with van der Waals surface area (Å²) in [5.74, 6) is -4.10. The first-order chi connectivity index (χ1) is 9.27. The van der Waals surface area contributed by atoms with E-state index in [0.29, 0.717) is 12.8 Å². The molecule has 0 unspecified atom stereocenters. The van der Waals surface area contributed by atoms with Crippen molar-refractivity contribution in [3.8, 4) is 0 Å². The van der Waals surface area contributed by atoms with Gasteiger partial charge in [0, 0.05) is 0 Å². The van der Waals surface area contributed by atoms with E-state index in [2.05, 4.69) is 5.32 Å². The molecule has 2 rings (SSSR count). The molecule has 1 amide bonds. The van der Waals surface area contributed by atoms with Gasteiger partial charge in [-0.3, -0.25) is 4.79 Å². The second-order valence-electron chi connectivity index (χ2n) is 4.77.